The zero-order valence-corrected chi connectivity index (χ0v) is 15.2. The van der Waals surface area contributed by atoms with Crippen molar-refractivity contribution in [3.63, 3.8) is 0 Å². The van der Waals surface area contributed by atoms with Crippen LogP contribution in [0.3, 0.4) is 0 Å². The summed E-state index contributed by atoms with van der Waals surface area (Å²) >= 11 is 0. The molecule has 0 bridgehead atoms. The Labute approximate surface area is 149 Å². The van der Waals surface area contributed by atoms with Crippen LogP contribution in [0.1, 0.15) is 45.2 Å². The Morgan fingerprint density at radius 3 is 2.44 bits per heavy atom. The van der Waals surface area contributed by atoms with E-state index in [1.807, 2.05) is 51.1 Å². The molecule has 138 valence electrons. The molecule has 1 saturated heterocycles. The Hall–Kier alpha value is -2.08. The third-order valence-corrected chi connectivity index (χ3v) is 3.97. The highest BCUT2D eigenvalue weighted by atomic mass is 16.6. The fourth-order valence-electron chi connectivity index (χ4n) is 2.69. The van der Waals surface area contributed by atoms with Crippen LogP contribution < -0.4 is 10.6 Å². The SMILES string of the molecule is CC(C)(C)OC(=O)NC(CNC(=O)C1CCOCC1)c1ccccc1. The molecule has 2 amide bonds. The molecule has 0 spiro atoms. The first kappa shape index (κ1) is 19.2. The van der Waals surface area contributed by atoms with Gasteiger partial charge in [-0.1, -0.05) is 30.3 Å². The minimum Gasteiger partial charge on any atom is -0.444 e. The summed E-state index contributed by atoms with van der Waals surface area (Å²) in [5.41, 5.74) is 0.345. The fraction of sp³-hybridized carbons (Fsp3) is 0.579. The summed E-state index contributed by atoms with van der Waals surface area (Å²) in [6.07, 6.45) is 0.976. The molecule has 25 heavy (non-hydrogen) atoms. The first-order valence-electron chi connectivity index (χ1n) is 8.75. The number of ether oxygens (including phenoxy) is 2. The zero-order valence-electron chi connectivity index (χ0n) is 15.2. The van der Waals surface area contributed by atoms with Crippen LogP contribution in [0.4, 0.5) is 4.79 Å². The summed E-state index contributed by atoms with van der Waals surface area (Å²) in [5, 5.41) is 5.80. The van der Waals surface area contributed by atoms with Gasteiger partial charge in [-0.25, -0.2) is 4.79 Å². The van der Waals surface area contributed by atoms with E-state index in [1.54, 1.807) is 0 Å². The molecule has 0 radical (unpaired) electrons. The van der Waals surface area contributed by atoms with Crippen molar-refractivity contribution in [2.45, 2.75) is 45.3 Å². The third kappa shape index (κ3) is 6.74. The molecule has 1 unspecified atom stereocenters. The minimum absolute atomic E-state index is 0.00946. The van der Waals surface area contributed by atoms with Crippen molar-refractivity contribution >= 4 is 12.0 Å². The number of nitrogens with one attached hydrogen (secondary N) is 2. The monoisotopic (exact) mass is 348 g/mol. The van der Waals surface area contributed by atoms with E-state index < -0.39 is 11.7 Å². The van der Waals surface area contributed by atoms with Crippen molar-refractivity contribution in [2.75, 3.05) is 19.8 Å². The van der Waals surface area contributed by atoms with Gasteiger partial charge in [0.05, 0.1) is 6.04 Å². The Kier molecular flexibility index (Phi) is 6.82. The lowest BCUT2D eigenvalue weighted by Crippen LogP contribution is -2.42. The number of carbonyl (C=O) groups excluding carboxylic acids is 2. The number of hydrogen-bond donors (Lipinski definition) is 2. The highest BCUT2D eigenvalue weighted by Crippen LogP contribution is 2.17. The molecule has 0 aliphatic carbocycles. The molecule has 2 rings (SSSR count). The topological polar surface area (TPSA) is 76.7 Å². The van der Waals surface area contributed by atoms with Crippen LogP contribution in [0.5, 0.6) is 0 Å². The van der Waals surface area contributed by atoms with Crippen LogP contribution in [0, 0.1) is 5.92 Å². The van der Waals surface area contributed by atoms with E-state index in [0.717, 1.165) is 18.4 Å². The van der Waals surface area contributed by atoms with Crippen molar-refractivity contribution in [3.8, 4) is 0 Å². The fourth-order valence-corrected chi connectivity index (χ4v) is 2.69. The maximum Gasteiger partial charge on any atom is 0.408 e. The van der Waals surface area contributed by atoms with Gasteiger partial charge < -0.3 is 20.1 Å². The Morgan fingerprint density at radius 1 is 1.20 bits per heavy atom. The maximum absolute atomic E-state index is 12.3. The van der Waals surface area contributed by atoms with Crippen LogP contribution in [0.15, 0.2) is 30.3 Å². The smallest absolute Gasteiger partial charge is 0.408 e. The van der Waals surface area contributed by atoms with Crippen LogP contribution in [0.25, 0.3) is 0 Å². The molecule has 1 aromatic rings. The van der Waals surface area contributed by atoms with Crippen LogP contribution in [-0.2, 0) is 14.3 Å². The molecule has 0 saturated carbocycles. The summed E-state index contributed by atoms with van der Waals surface area (Å²) in [6.45, 7) is 7.01. The van der Waals surface area contributed by atoms with Gasteiger partial charge in [0.15, 0.2) is 0 Å². The van der Waals surface area contributed by atoms with Crippen molar-refractivity contribution in [1.82, 2.24) is 10.6 Å². The van der Waals surface area contributed by atoms with Gasteiger partial charge >= 0.3 is 6.09 Å². The number of rotatable bonds is 5. The van der Waals surface area contributed by atoms with Crippen molar-refractivity contribution in [3.05, 3.63) is 35.9 Å². The molecule has 2 N–H and O–H groups in total. The van der Waals surface area contributed by atoms with E-state index in [4.69, 9.17) is 9.47 Å². The first-order chi connectivity index (χ1) is 11.8. The Bertz CT molecular complexity index is 563. The summed E-state index contributed by atoms with van der Waals surface area (Å²) in [7, 11) is 0. The van der Waals surface area contributed by atoms with E-state index in [-0.39, 0.29) is 17.9 Å². The molecule has 1 aromatic carbocycles. The number of hydrogen-bond acceptors (Lipinski definition) is 4. The molecular formula is C19H28N2O4. The van der Waals surface area contributed by atoms with Gasteiger partial charge in [-0.15, -0.1) is 0 Å². The highest BCUT2D eigenvalue weighted by molar-refractivity contribution is 5.78. The molecule has 0 aromatic heterocycles. The highest BCUT2D eigenvalue weighted by Gasteiger charge is 2.24. The lowest BCUT2D eigenvalue weighted by molar-refractivity contribution is -0.127. The molecule has 1 aliphatic heterocycles. The van der Waals surface area contributed by atoms with Crippen molar-refractivity contribution < 1.29 is 19.1 Å². The third-order valence-electron chi connectivity index (χ3n) is 3.97. The summed E-state index contributed by atoms with van der Waals surface area (Å²) in [6, 6.07) is 9.21. The zero-order chi connectivity index (χ0) is 18.3. The summed E-state index contributed by atoms with van der Waals surface area (Å²) < 4.78 is 10.6. The van der Waals surface area contributed by atoms with Gasteiger partial charge in [0, 0.05) is 25.7 Å². The molecule has 1 aliphatic rings. The van der Waals surface area contributed by atoms with Crippen molar-refractivity contribution in [1.29, 1.82) is 0 Å². The second-order valence-corrected chi connectivity index (χ2v) is 7.24. The van der Waals surface area contributed by atoms with Crippen LogP contribution >= 0.6 is 0 Å². The number of alkyl carbamates (subject to hydrolysis) is 1. The molecule has 6 nitrogen and oxygen atoms in total. The predicted octanol–water partition coefficient (Wildman–Crippen LogP) is 2.80. The Balaban J connectivity index is 1.97. The van der Waals surface area contributed by atoms with E-state index in [0.29, 0.717) is 19.8 Å². The number of carbonyl (C=O) groups is 2. The summed E-state index contributed by atoms with van der Waals surface area (Å²) in [4.78, 5) is 24.5. The van der Waals surface area contributed by atoms with E-state index in [2.05, 4.69) is 10.6 Å². The number of amides is 2. The predicted molar refractivity (Wildman–Crippen MR) is 95.1 cm³/mol. The van der Waals surface area contributed by atoms with Crippen LogP contribution in [-0.4, -0.2) is 37.4 Å². The van der Waals surface area contributed by atoms with Gasteiger partial charge in [-0.05, 0) is 39.2 Å². The normalized spacial score (nSPS) is 16.8. The van der Waals surface area contributed by atoms with E-state index in [9.17, 15) is 9.59 Å². The number of benzene rings is 1. The quantitative estimate of drug-likeness (QED) is 0.858. The summed E-state index contributed by atoms with van der Waals surface area (Å²) in [5.74, 6) is -0.0121. The minimum atomic E-state index is -0.573. The molecule has 6 heteroatoms. The lowest BCUT2D eigenvalue weighted by atomic mass is 9.99. The van der Waals surface area contributed by atoms with Gasteiger partial charge in [0.2, 0.25) is 5.91 Å². The van der Waals surface area contributed by atoms with E-state index >= 15 is 0 Å². The second kappa shape index (κ2) is 8.85. The Morgan fingerprint density at radius 2 is 1.84 bits per heavy atom. The van der Waals surface area contributed by atoms with Crippen LogP contribution in [0.2, 0.25) is 0 Å². The van der Waals surface area contributed by atoms with Gasteiger partial charge in [0.25, 0.3) is 0 Å². The van der Waals surface area contributed by atoms with Gasteiger partial charge in [-0.2, -0.15) is 0 Å². The molecule has 1 atom stereocenters. The lowest BCUT2D eigenvalue weighted by Gasteiger charge is -2.26. The standard InChI is InChI=1S/C19H28N2O4/c1-19(2,3)25-18(23)21-16(14-7-5-4-6-8-14)13-20-17(22)15-9-11-24-12-10-15/h4-8,15-16H,9-13H2,1-3H3,(H,20,22)(H,21,23). The van der Waals surface area contributed by atoms with E-state index in [1.165, 1.54) is 0 Å². The average Bonchev–Trinajstić information content (AvgIpc) is 2.58. The first-order valence-corrected chi connectivity index (χ1v) is 8.75. The van der Waals surface area contributed by atoms with Gasteiger partial charge in [-0.3, -0.25) is 4.79 Å². The molecule has 1 fully saturated rings. The largest absolute Gasteiger partial charge is 0.444 e. The van der Waals surface area contributed by atoms with Gasteiger partial charge in [0.1, 0.15) is 5.60 Å². The molecular weight excluding hydrogens is 320 g/mol. The second-order valence-electron chi connectivity index (χ2n) is 7.24. The van der Waals surface area contributed by atoms with Crippen molar-refractivity contribution in [2.24, 2.45) is 5.92 Å². The average molecular weight is 348 g/mol. The maximum atomic E-state index is 12.3. The molecule has 1 heterocycles.